The quantitative estimate of drug-likeness (QED) is 0.822. The lowest BCUT2D eigenvalue weighted by molar-refractivity contribution is -0.193. The fraction of sp³-hybridized carbons (Fsp3) is 0.900. The Kier molecular flexibility index (Phi) is 8.71. The molecule has 0 aliphatic heterocycles. The molecule has 3 fully saturated rings. The molecule has 0 amide bonds. The fourth-order valence-electron chi connectivity index (χ4n) is 6.35. The van der Waals surface area contributed by atoms with Crippen LogP contribution >= 0.6 is 0 Å². The minimum Gasteiger partial charge on any atom is -0.393 e. The van der Waals surface area contributed by atoms with Crippen LogP contribution in [0.2, 0.25) is 0 Å². The molecule has 3 saturated carbocycles. The first kappa shape index (κ1) is 21.8. The highest BCUT2D eigenvalue weighted by atomic mass is 16.3. The number of rotatable bonds is 2. The lowest BCUT2D eigenvalue weighted by Gasteiger charge is -2.54. The predicted molar refractivity (Wildman–Crippen MR) is 89.9 cm³/mol. The molecule has 0 aromatic rings. The summed E-state index contributed by atoms with van der Waals surface area (Å²) in [5.74, 6) is 4.71. The zero-order valence-corrected chi connectivity index (χ0v) is 15.7. The summed E-state index contributed by atoms with van der Waals surface area (Å²) >= 11 is 0. The van der Waals surface area contributed by atoms with Crippen molar-refractivity contribution in [2.45, 2.75) is 78.2 Å². The first-order valence-electron chi connectivity index (χ1n) is 9.61. The Bertz CT molecular complexity index is 466. The molecule has 0 spiro atoms. The molecule has 0 aromatic carbocycles. The normalized spacial score (nSPS) is 41.4. The van der Waals surface area contributed by atoms with Gasteiger partial charge in [0.2, 0.25) is 0 Å². The second kappa shape index (κ2) is 10.0. The Morgan fingerprint density at radius 3 is 2.00 bits per heavy atom. The van der Waals surface area contributed by atoms with Crippen molar-refractivity contribution >= 4 is 12.3 Å². The van der Waals surface area contributed by atoms with E-state index in [1.807, 2.05) is 0 Å². The highest BCUT2D eigenvalue weighted by molar-refractivity contribution is 5.20. The van der Waals surface area contributed by atoms with Gasteiger partial charge in [0.05, 0.1) is 6.10 Å². The van der Waals surface area contributed by atoms with Gasteiger partial charge in [-0.1, -0.05) is 33.6 Å². The third-order valence-electron chi connectivity index (χ3n) is 7.46. The first-order chi connectivity index (χ1) is 11.9. The molecule has 5 nitrogen and oxygen atoms in total. The molecule has 3 aliphatic rings. The molecule has 7 atom stereocenters. The Morgan fingerprint density at radius 2 is 1.48 bits per heavy atom. The van der Waals surface area contributed by atoms with Gasteiger partial charge in [-0.15, -0.1) is 0 Å². The molecular weight excluding hydrogens is 320 g/mol. The average Bonchev–Trinajstić information content (AvgIpc) is 2.90. The highest BCUT2D eigenvalue weighted by Crippen LogP contribution is 2.61. The number of aliphatic hydroxyl groups is 1. The Balaban J connectivity index is 0.000000460. The van der Waals surface area contributed by atoms with Gasteiger partial charge >= 0.3 is 12.3 Å². The zero-order chi connectivity index (χ0) is 19.0. The minimum atomic E-state index is -0.0116. The van der Waals surface area contributed by atoms with Crippen molar-refractivity contribution in [3.63, 3.8) is 0 Å². The summed E-state index contributed by atoms with van der Waals surface area (Å²) in [6, 6.07) is 0. The van der Waals surface area contributed by atoms with E-state index in [4.69, 9.17) is 19.2 Å². The van der Waals surface area contributed by atoms with Gasteiger partial charge in [0.25, 0.3) is 0 Å². The van der Waals surface area contributed by atoms with Gasteiger partial charge in [0.1, 0.15) is 0 Å². The molecule has 0 unspecified atom stereocenters. The predicted octanol–water partition coefficient (Wildman–Crippen LogP) is 3.47. The molecule has 3 rings (SSSR count). The monoisotopic (exact) mass is 352 g/mol. The van der Waals surface area contributed by atoms with E-state index in [1.54, 1.807) is 0 Å². The van der Waals surface area contributed by atoms with Gasteiger partial charge in [0.15, 0.2) is 0 Å². The van der Waals surface area contributed by atoms with Crippen molar-refractivity contribution in [1.82, 2.24) is 0 Å². The van der Waals surface area contributed by atoms with E-state index in [2.05, 4.69) is 20.8 Å². The Labute approximate surface area is 150 Å². The van der Waals surface area contributed by atoms with E-state index in [1.165, 1.54) is 44.9 Å². The van der Waals surface area contributed by atoms with Crippen molar-refractivity contribution in [3.8, 4) is 0 Å². The van der Waals surface area contributed by atoms with E-state index < -0.39 is 0 Å². The maximum Gasteiger partial charge on any atom is 0.373 e. The summed E-state index contributed by atoms with van der Waals surface area (Å²) < 4.78 is 0. The topological polar surface area (TPSA) is 88.5 Å². The second-order valence-electron chi connectivity index (χ2n) is 8.06. The third kappa shape index (κ3) is 4.47. The molecule has 0 saturated heterocycles. The Morgan fingerprint density at radius 1 is 0.880 bits per heavy atom. The SMILES string of the molecule is CC[C@@H]1CC[C@@H]2[C@H](CC[C@]3(C)[C@@H](O)CC[C@@H]23)[C@H]1CC.O=C=O.O=C=O. The molecule has 5 heteroatoms. The van der Waals surface area contributed by atoms with E-state index >= 15 is 0 Å². The summed E-state index contributed by atoms with van der Waals surface area (Å²) in [7, 11) is 0. The van der Waals surface area contributed by atoms with Crippen LogP contribution in [0.4, 0.5) is 0 Å². The van der Waals surface area contributed by atoms with Gasteiger partial charge in [-0.3, -0.25) is 0 Å². The van der Waals surface area contributed by atoms with Crippen molar-refractivity contribution < 1.29 is 24.3 Å². The van der Waals surface area contributed by atoms with Gasteiger partial charge in [-0.25, -0.2) is 0 Å². The van der Waals surface area contributed by atoms with Crippen LogP contribution in [0.25, 0.3) is 0 Å². The number of hydrogen-bond acceptors (Lipinski definition) is 5. The molecule has 0 bridgehead atoms. The van der Waals surface area contributed by atoms with E-state index in [9.17, 15) is 5.11 Å². The van der Waals surface area contributed by atoms with Crippen LogP contribution in [0.3, 0.4) is 0 Å². The Hall–Kier alpha value is -1.28. The van der Waals surface area contributed by atoms with Crippen LogP contribution in [0.1, 0.15) is 72.1 Å². The molecule has 3 aliphatic carbocycles. The van der Waals surface area contributed by atoms with Crippen LogP contribution in [0.15, 0.2) is 0 Å². The van der Waals surface area contributed by atoms with Crippen LogP contribution in [0, 0.1) is 35.0 Å². The largest absolute Gasteiger partial charge is 0.393 e. The number of carbonyl (C=O) groups excluding carboxylic acids is 4. The van der Waals surface area contributed by atoms with Crippen molar-refractivity contribution in [2.24, 2.45) is 35.0 Å². The number of fused-ring (bicyclic) bond motifs is 3. The standard InChI is InChI=1S/C18H32O.2CO2/c1-4-12-6-7-15-14(13(12)5-2)10-11-18(3)16(15)8-9-17(18)19;2*2-1-3/h12-17,19H,4-11H2,1-3H3;;/t12-,13+,14-,15-,16+,17+,18+;;/m1../s1. The lowest BCUT2D eigenvalue weighted by atomic mass is 9.51. The summed E-state index contributed by atoms with van der Waals surface area (Å²) in [4.78, 5) is 32.5. The van der Waals surface area contributed by atoms with Crippen LogP contribution in [-0.4, -0.2) is 23.5 Å². The fourth-order valence-corrected chi connectivity index (χ4v) is 6.35. The molecule has 0 aromatic heterocycles. The maximum absolute atomic E-state index is 10.4. The highest BCUT2D eigenvalue weighted by Gasteiger charge is 2.55. The summed E-state index contributed by atoms with van der Waals surface area (Å²) in [5, 5.41) is 10.4. The van der Waals surface area contributed by atoms with E-state index in [0.717, 1.165) is 36.0 Å². The second-order valence-corrected chi connectivity index (χ2v) is 8.06. The van der Waals surface area contributed by atoms with Crippen molar-refractivity contribution in [1.29, 1.82) is 0 Å². The minimum absolute atomic E-state index is 0.0116. The van der Waals surface area contributed by atoms with E-state index in [0.29, 0.717) is 0 Å². The molecule has 0 heterocycles. The van der Waals surface area contributed by atoms with Crippen LogP contribution < -0.4 is 0 Å². The maximum atomic E-state index is 10.4. The number of aliphatic hydroxyl groups excluding tert-OH is 1. The van der Waals surface area contributed by atoms with Gasteiger partial charge in [-0.05, 0) is 73.5 Å². The number of hydrogen-bond donors (Lipinski definition) is 1. The zero-order valence-electron chi connectivity index (χ0n) is 15.7. The smallest absolute Gasteiger partial charge is 0.373 e. The molecule has 0 radical (unpaired) electrons. The van der Waals surface area contributed by atoms with Gasteiger partial charge in [0, 0.05) is 0 Å². The average molecular weight is 352 g/mol. The summed E-state index contributed by atoms with van der Waals surface area (Å²) in [6.45, 7) is 7.19. The first-order valence-corrected chi connectivity index (χ1v) is 9.61. The van der Waals surface area contributed by atoms with Crippen LogP contribution in [0.5, 0.6) is 0 Å². The van der Waals surface area contributed by atoms with Crippen molar-refractivity contribution in [2.75, 3.05) is 0 Å². The molecular formula is C20H32O5. The van der Waals surface area contributed by atoms with E-state index in [-0.39, 0.29) is 23.8 Å². The molecule has 25 heavy (non-hydrogen) atoms. The van der Waals surface area contributed by atoms with Crippen LogP contribution in [-0.2, 0) is 19.2 Å². The summed E-state index contributed by atoms with van der Waals surface area (Å²) in [6.07, 6.45) is 11.2. The van der Waals surface area contributed by atoms with Gasteiger partial charge < -0.3 is 5.11 Å². The molecule has 142 valence electrons. The lowest BCUT2D eigenvalue weighted by Crippen LogP contribution is -2.48. The molecule has 1 N–H and O–H groups in total. The summed E-state index contributed by atoms with van der Waals surface area (Å²) in [5.41, 5.74) is 0.262. The van der Waals surface area contributed by atoms with Gasteiger partial charge in [-0.2, -0.15) is 19.2 Å². The third-order valence-corrected chi connectivity index (χ3v) is 7.46. The van der Waals surface area contributed by atoms with Crippen molar-refractivity contribution in [3.05, 3.63) is 0 Å².